The topological polar surface area (TPSA) is 96.2 Å². The van der Waals surface area contributed by atoms with E-state index in [4.69, 9.17) is 14.2 Å². The number of rotatable bonds is 6. The van der Waals surface area contributed by atoms with E-state index in [0.29, 0.717) is 40.9 Å². The number of fused-ring (bicyclic) bond motifs is 2. The Hall–Kier alpha value is -3.20. The molecule has 0 spiro atoms. The van der Waals surface area contributed by atoms with Gasteiger partial charge >= 0.3 is 5.97 Å². The van der Waals surface area contributed by atoms with Crippen LogP contribution in [0.3, 0.4) is 0 Å². The fourth-order valence-electron chi connectivity index (χ4n) is 2.77. The van der Waals surface area contributed by atoms with Crippen LogP contribution in [0.15, 0.2) is 40.6 Å². The summed E-state index contributed by atoms with van der Waals surface area (Å²) in [5.41, 5.74) is 0.597. The normalized spacial score (nSPS) is 12.7. The van der Waals surface area contributed by atoms with Crippen LogP contribution >= 0.6 is 11.3 Å². The molecular formula is C19H16N2O6S. The van der Waals surface area contributed by atoms with Gasteiger partial charge < -0.3 is 14.2 Å². The fraction of sp³-hybridized carbons (Fsp3) is 0.263. The molecule has 0 bridgehead atoms. The average Bonchev–Trinajstić information content (AvgIpc) is 3.19. The zero-order chi connectivity index (χ0) is 19.5. The van der Waals surface area contributed by atoms with E-state index in [2.05, 4.69) is 4.98 Å². The summed E-state index contributed by atoms with van der Waals surface area (Å²) in [4.78, 5) is 41.0. The molecule has 4 rings (SSSR count). The fourth-order valence-corrected chi connectivity index (χ4v) is 3.50. The van der Waals surface area contributed by atoms with Gasteiger partial charge in [-0.2, -0.15) is 0 Å². The molecule has 144 valence electrons. The summed E-state index contributed by atoms with van der Waals surface area (Å²) < 4.78 is 17.4. The first-order chi connectivity index (χ1) is 13.6. The number of ketones is 1. The molecule has 0 saturated heterocycles. The van der Waals surface area contributed by atoms with E-state index in [9.17, 15) is 14.4 Å². The number of esters is 1. The highest BCUT2D eigenvalue weighted by atomic mass is 32.1. The third-order valence-electron chi connectivity index (χ3n) is 4.16. The largest absolute Gasteiger partial charge is 0.486 e. The van der Waals surface area contributed by atoms with E-state index >= 15 is 0 Å². The Morgan fingerprint density at radius 3 is 2.82 bits per heavy atom. The number of Topliss-reactive ketones (excluding diaryl/α,β-unsaturated/α-hetero) is 1. The highest BCUT2D eigenvalue weighted by Gasteiger charge is 2.16. The Balaban J connectivity index is 1.31. The Morgan fingerprint density at radius 1 is 1.14 bits per heavy atom. The van der Waals surface area contributed by atoms with Crippen molar-refractivity contribution < 1.29 is 23.8 Å². The van der Waals surface area contributed by atoms with Crippen molar-refractivity contribution in [2.45, 2.75) is 19.4 Å². The van der Waals surface area contributed by atoms with Crippen molar-refractivity contribution in [3.63, 3.8) is 0 Å². The molecule has 0 unspecified atom stereocenters. The Morgan fingerprint density at radius 2 is 1.96 bits per heavy atom. The van der Waals surface area contributed by atoms with Crippen molar-refractivity contribution in [2.75, 3.05) is 13.2 Å². The quantitative estimate of drug-likeness (QED) is 0.462. The summed E-state index contributed by atoms with van der Waals surface area (Å²) in [6.45, 7) is 0.805. The molecule has 2 aromatic heterocycles. The van der Waals surface area contributed by atoms with E-state index in [0.717, 1.165) is 0 Å². The first-order valence-electron chi connectivity index (χ1n) is 8.64. The average molecular weight is 400 g/mol. The molecule has 9 heteroatoms. The molecule has 1 aliphatic heterocycles. The molecule has 0 N–H and O–H groups in total. The monoisotopic (exact) mass is 400 g/mol. The molecule has 0 saturated carbocycles. The molecule has 0 fully saturated rings. The lowest BCUT2D eigenvalue weighted by atomic mass is 10.1. The molecular weight excluding hydrogens is 384 g/mol. The predicted octanol–water partition coefficient (Wildman–Crippen LogP) is 2.23. The lowest BCUT2D eigenvalue weighted by Gasteiger charge is -2.18. The number of aromatic nitrogens is 2. The maximum atomic E-state index is 12.3. The minimum absolute atomic E-state index is 0.0124. The highest BCUT2D eigenvalue weighted by Crippen LogP contribution is 2.31. The summed E-state index contributed by atoms with van der Waals surface area (Å²) in [5.74, 6) is 0.415. The maximum absolute atomic E-state index is 12.3. The first-order valence-corrected chi connectivity index (χ1v) is 9.52. The van der Waals surface area contributed by atoms with Gasteiger partial charge in [0, 0.05) is 29.6 Å². The zero-order valence-electron chi connectivity index (χ0n) is 14.8. The Labute approximate surface area is 163 Å². The third kappa shape index (κ3) is 3.89. The van der Waals surface area contributed by atoms with Crippen LogP contribution in [0.2, 0.25) is 0 Å². The van der Waals surface area contributed by atoms with E-state index in [1.54, 1.807) is 29.8 Å². The minimum atomic E-state index is -0.529. The minimum Gasteiger partial charge on any atom is -0.486 e. The van der Waals surface area contributed by atoms with Gasteiger partial charge in [0.2, 0.25) is 0 Å². The van der Waals surface area contributed by atoms with Crippen LogP contribution < -0.4 is 15.0 Å². The van der Waals surface area contributed by atoms with Crippen LogP contribution in [0.1, 0.15) is 28.9 Å². The van der Waals surface area contributed by atoms with E-state index in [1.165, 1.54) is 21.8 Å². The number of carbonyl (C=O) groups excluding carboxylic acids is 2. The number of benzene rings is 1. The van der Waals surface area contributed by atoms with Crippen LogP contribution in [0.4, 0.5) is 0 Å². The summed E-state index contributed by atoms with van der Waals surface area (Å²) in [5, 5.41) is 1.75. The van der Waals surface area contributed by atoms with Crippen molar-refractivity contribution in [3.05, 3.63) is 57.5 Å². The van der Waals surface area contributed by atoms with E-state index in [-0.39, 0.29) is 30.8 Å². The number of nitrogens with zero attached hydrogens (tertiary/aromatic N) is 2. The Bertz CT molecular complexity index is 1100. The molecule has 0 aliphatic carbocycles. The highest BCUT2D eigenvalue weighted by molar-refractivity contribution is 7.15. The standard InChI is InChI=1S/C19H16N2O6S/c22-14(12-1-3-15-16(9-12)26-7-6-25-15)2-4-18(24)27-11-13-10-17(23)21-5-8-28-19(21)20-13/h1,3,5,8-10H,2,4,6-7,11H2. The van der Waals surface area contributed by atoms with Gasteiger partial charge in [0.1, 0.15) is 19.8 Å². The van der Waals surface area contributed by atoms with Crippen molar-refractivity contribution >= 4 is 28.1 Å². The lowest BCUT2D eigenvalue weighted by Crippen LogP contribution is -2.16. The number of carbonyl (C=O) groups is 2. The molecule has 3 aromatic rings. The van der Waals surface area contributed by atoms with E-state index in [1.807, 2.05) is 0 Å². The SMILES string of the molecule is O=C(CCC(=O)c1ccc2c(c1)OCCO2)OCc1cc(=O)n2ccsc2n1. The summed E-state index contributed by atoms with van der Waals surface area (Å²) in [7, 11) is 0. The molecule has 28 heavy (non-hydrogen) atoms. The second-order valence-corrected chi connectivity index (χ2v) is 6.96. The molecule has 0 atom stereocenters. The van der Waals surface area contributed by atoms with Crippen molar-refractivity contribution in [1.29, 1.82) is 0 Å². The van der Waals surface area contributed by atoms with Crippen molar-refractivity contribution in [2.24, 2.45) is 0 Å². The third-order valence-corrected chi connectivity index (χ3v) is 4.91. The van der Waals surface area contributed by atoms with Crippen LogP contribution in [0, 0.1) is 0 Å². The van der Waals surface area contributed by atoms with Gasteiger partial charge in [-0.3, -0.25) is 18.8 Å². The predicted molar refractivity (Wildman–Crippen MR) is 100 cm³/mol. The number of hydrogen-bond donors (Lipinski definition) is 0. The molecule has 3 heterocycles. The van der Waals surface area contributed by atoms with Crippen molar-refractivity contribution in [3.8, 4) is 11.5 Å². The van der Waals surface area contributed by atoms with Crippen LogP contribution in [-0.4, -0.2) is 34.4 Å². The first kappa shape index (κ1) is 18.2. The van der Waals surface area contributed by atoms with Gasteiger partial charge in [-0.1, -0.05) is 0 Å². The van der Waals surface area contributed by atoms with Gasteiger partial charge in [0.15, 0.2) is 22.2 Å². The van der Waals surface area contributed by atoms with Crippen LogP contribution in [0.5, 0.6) is 11.5 Å². The summed E-state index contributed by atoms with van der Waals surface area (Å²) in [6, 6.07) is 6.28. The van der Waals surface area contributed by atoms with Gasteiger partial charge in [0.05, 0.1) is 12.1 Å². The van der Waals surface area contributed by atoms with Gasteiger partial charge in [-0.25, -0.2) is 4.98 Å². The second-order valence-electron chi connectivity index (χ2n) is 6.08. The lowest BCUT2D eigenvalue weighted by molar-refractivity contribution is -0.145. The molecule has 0 radical (unpaired) electrons. The Kier molecular flexibility index (Phi) is 5.07. The zero-order valence-corrected chi connectivity index (χ0v) is 15.6. The molecule has 1 aromatic carbocycles. The number of hydrogen-bond acceptors (Lipinski definition) is 8. The number of thiazole rings is 1. The van der Waals surface area contributed by atoms with Gasteiger partial charge in [0.25, 0.3) is 5.56 Å². The van der Waals surface area contributed by atoms with Crippen LogP contribution in [-0.2, 0) is 16.1 Å². The maximum Gasteiger partial charge on any atom is 0.306 e. The van der Waals surface area contributed by atoms with Gasteiger partial charge in [-0.05, 0) is 18.2 Å². The molecule has 1 aliphatic rings. The van der Waals surface area contributed by atoms with Crippen molar-refractivity contribution in [1.82, 2.24) is 9.38 Å². The van der Waals surface area contributed by atoms with Crippen LogP contribution in [0.25, 0.3) is 4.96 Å². The summed E-state index contributed by atoms with van der Waals surface area (Å²) >= 11 is 1.32. The van der Waals surface area contributed by atoms with Gasteiger partial charge in [-0.15, -0.1) is 11.3 Å². The second kappa shape index (κ2) is 7.81. The summed E-state index contributed by atoms with van der Waals surface area (Å²) in [6.07, 6.45) is 1.58. The number of ether oxygens (including phenoxy) is 3. The smallest absolute Gasteiger partial charge is 0.306 e. The molecule has 8 nitrogen and oxygen atoms in total. The van der Waals surface area contributed by atoms with E-state index < -0.39 is 5.97 Å². The molecule has 0 amide bonds.